The van der Waals surface area contributed by atoms with Gasteiger partial charge in [-0.2, -0.15) is 0 Å². The van der Waals surface area contributed by atoms with Gasteiger partial charge < -0.3 is 15.9 Å². The number of benzene rings is 1. The van der Waals surface area contributed by atoms with Crippen LogP contribution in [0.2, 0.25) is 5.02 Å². The fourth-order valence-electron chi connectivity index (χ4n) is 1.08. The predicted molar refractivity (Wildman–Crippen MR) is 52.4 cm³/mol. The van der Waals surface area contributed by atoms with Crippen molar-refractivity contribution in [2.75, 3.05) is 0 Å². The zero-order valence-corrected chi connectivity index (χ0v) is 8.33. The topological polar surface area (TPSA) is 83.5 Å². The van der Waals surface area contributed by atoms with E-state index >= 15 is 0 Å². The fraction of sp³-hybridized carbons (Fsp3) is 0.222. The number of carbonyl (C=O) groups is 1. The molecule has 1 aromatic rings. The van der Waals surface area contributed by atoms with Crippen LogP contribution in [0.5, 0.6) is 5.75 Å². The molecule has 0 fully saturated rings. The number of nitrogens with two attached hydrogens (primary N) is 1. The number of aromatic hydroxyl groups is 1. The third-order valence-corrected chi connectivity index (χ3v) is 2.14. The summed E-state index contributed by atoms with van der Waals surface area (Å²) in [5.41, 5.74) is 5.58. The number of phenols is 1. The van der Waals surface area contributed by atoms with Crippen LogP contribution in [0.3, 0.4) is 0 Å². The quantitative estimate of drug-likeness (QED) is 0.731. The molecular formula is C9H9ClFNO3. The van der Waals surface area contributed by atoms with Crippen molar-refractivity contribution in [3.8, 4) is 5.75 Å². The highest BCUT2D eigenvalue weighted by atomic mass is 35.5. The SMILES string of the molecule is N[C@H](Cc1cc(F)c(O)c(Cl)c1)C(=O)O. The number of halogens is 2. The lowest BCUT2D eigenvalue weighted by Gasteiger charge is -2.07. The summed E-state index contributed by atoms with van der Waals surface area (Å²) in [6.07, 6.45) is -0.0494. The molecule has 0 aliphatic rings. The molecular weight excluding hydrogens is 225 g/mol. The Bertz CT molecular complexity index is 374. The standard InChI is InChI=1S/C9H9ClFNO3/c10-5-1-4(2-6(11)8(5)13)3-7(12)9(14)15/h1-2,7,13H,3,12H2,(H,14,15)/t7-/m1/s1. The summed E-state index contributed by atoms with van der Waals surface area (Å²) < 4.78 is 13.0. The maximum Gasteiger partial charge on any atom is 0.320 e. The van der Waals surface area contributed by atoms with E-state index in [0.29, 0.717) is 5.56 Å². The smallest absolute Gasteiger partial charge is 0.320 e. The first-order valence-corrected chi connectivity index (χ1v) is 4.45. The molecule has 15 heavy (non-hydrogen) atoms. The van der Waals surface area contributed by atoms with Gasteiger partial charge in [-0.05, 0) is 24.1 Å². The number of rotatable bonds is 3. The Morgan fingerprint density at radius 1 is 1.60 bits per heavy atom. The summed E-state index contributed by atoms with van der Waals surface area (Å²) in [5.74, 6) is -2.72. The van der Waals surface area contributed by atoms with Crippen LogP contribution in [0.4, 0.5) is 4.39 Å². The van der Waals surface area contributed by atoms with Crippen molar-refractivity contribution >= 4 is 17.6 Å². The van der Waals surface area contributed by atoms with Gasteiger partial charge in [0.15, 0.2) is 11.6 Å². The number of hydrogen-bond acceptors (Lipinski definition) is 3. The molecule has 0 saturated heterocycles. The van der Waals surface area contributed by atoms with E-state index in [1.54, 1.807) is 0 Å². The van der Waals surface area contributed by atoms with Crippen LogP contribution < -0.4 is 5.73 Å². The number of carboxylic acid groups (broad SMARTS) is 1. The minimum absolute atomic E-state index is 0.0494. The van der Waals surface area contributed by atoms with Gasteiger partial charge >= 0.3 is 5.97 Å². The number of hydrogen-bond donors (Lipinski definition) is 3. The summed E-state index contributed by atoms with van der Waals surface area (Å²) in [4.78, 5) is 10.4. The Kier molecular flexibility index (Phi) is 3.49. The summed E-state index contributed by atoms with van der Waals surface area (Å²) in [6, 6.07) is 1.16. The molecule has 1 atom stereocenters. The average molecular weight is 234 g/mol. The molecule has 0 spiro atoms. The Balaban J connectivity index is 2.92. The molecule has 0 aromatic heterocycles. The van der Waals surface area contributed by atoms with E-state index in [9.17, 15) is 9.18 Å². The molecule has 0 aliphatic carbocycles. The zero-order valence-electron chi connectivity index (χ0n) is 7.58. The van der Waals surface area contributed by atoms with Crippen molar-refractivity contribution in [3.63, 3.8) is 0 Å². The van der Waals surface area contributed by atoms with Crippen LogP contribution in [0.25, 0.3) is 0 Å². The molecule has 0 radical (unpaired) electrons. The fourth-order valence-corrected chi connectivity index (χ4v) is 1.31. The van der Waals surface area contributed by atoms with Crippen LogP contribution >= 0.6 is 11.6 Å². The largest absolute Gasteiger partial charge is 0.504 e. The van der Waals surface area contributed by atoms with E-state index in [0.717, 1.165) is 6.07 Å². The maximum absolute atomic E-state index is 13.0. The average Bonchev–Trinajstić information content (AvgIpc) is 2.13. The van der Waals surface area contributed by atoms with Gasteiger partial charge in [-0.15, -0.1) is 0 Å². The summed E-state index contributed by atoms with van der Waals surface area (Å²) in [6.45, 7) is 0. The van der Waals surface area contributed by atoms with Gasteiger partial charge in [-0.25, -0.2) is 4.39 Å². The van der Waals surface area contributed by atoms with Crippen LogP contribution in [-0.2, 0) is 11.2 Å². The minimum atomic E-state index is -1.18. The van der Waals surface area contributed by atoms with Gasteiger partial charge in [0, 0.05) is 0 Å². The van der Waals surface area contributed by atoms with Gasteiger partial charge in [0.05, 0.1) is 5.02 Å². The van der Waals surface area contributed by atoms with Crippen molar-refractivity contribution in [1.29, 1.82) is 0 Å². The summed E-state index contributed by atoms with van der Waals surface area (Å²) in [5, 5.41) is 17.4. The highest BCUT2D eigenvalue weighted by molar-refractivity contribution is 6.32. The second-order valence-electron chi connectivity index (χ2n) is 3.06. The molecule has 4 N–H and O–H groups in total. The zero-order chi connectivity index (χ0) is 11.6. The van der Waals surface area contributed by atoms with Gasteiger partial charge in [-0.3, -0.25) is 4.79 Å². The molecule has 1 rings (SSSR count). The predicted octanol–water partition coefficient (Wildman–Crippen LogP) is 1.14. The first kappa shape index (κ1) is 11.7. The first-order chi connectivity index (χ1) is 6.91. The van der Waals surface area contributed by atoms with E-state index in [1.165, 1.54) is 6.07 Å². The summed E-state index contributed by atoms with van der Waals surface area (Å²) in [7, 11) is 0. The lowest BCUT2D eigenvalue weighted by atomic mass is 10.1. The molecule has 1 aromatic carbocycles. The maximum atomic E-state index is 13.0. The van der Waals surface area contributed by atoms with Crippen molar-refractivity contribution in [2.24, 2.45) is 5.73 Å². The van der Waals surface area contributed by atoms with Crippen molar-refractivity contribution < 1.29 is 19.4 Å². The molecule has 0 bridgehead atoms. The number of carboxylic acids is 1. The van der Waals surface area contributed by atoms with E-state index < -0.39 is 23.6 Å². The van der Waals surface area contributed by atoms with Crippen LogP contribution in [0.1, 0.15) is 5.56 Å². The van der Waals surface area contributed by atoms with Crippen LogP contribution in [0.15, 0.2) is 12.1 Å². The van der Waals surface area contributed by atoms with Gasteiger partial charge in [-0.1, -0.05) is 11.6 Å². The Hall–Kier alpha value is -1.33. The van der Waals surface area contributed by atoms with E-state index in [-0.39, 0.29) is 11.4 Å². The summed E-state index contributed by atoms with van der Waals surface area (Å²) >= 11 is 5.50. The van der Waals surface area contributed by atoms with Crippen molar-refractivity contribution in [1.82, 2.24) is 0 Å². The van der Waals surface area contributed by atoms with Crippen molar-refractivity contribution in [2.45, 2.75) is 12.5 Å². The molecule has 0 aliphatic heterocycles. The molecule has 4 nitrogen and oxygen atoms in total. The Morgan fingerprint density at radius 3 is 2.67 bits per heavy atom. The minimum Gasteiger partial charge on any atom is -0.504 e. The van der Waals surface area contributed by atoms with Gasteiger partial charge in [0.2, 0.25) is 0 Å². The molecule has 82 valence electrons. The van der Waals surface area contributed by atoms with E-state index in [4.69, 9.17) is 27.5 Å². The number of aliphatic carboxylic acids is 1. The lowest BCUT2D eigenvalue weighted by Crippen LogP contribution is -2.32. The highest BCUT2D eigenvalue weighted by Crippen LogP contribution is 2.27. The van der Waals surface area contributed by atoms with Gasteiger partial charge in [0.1, 0.15) is 6.04 Å². The molecule has 6 heteroatoms. The third kappa shape index (κ3) is 2.81. The van der Waals surface area contributed by atoms with Gasteiger partial charge in [0.25, 0.3) is 0 Å². The monoisotopic (exact) mass is 233 g/mol. The Morgan fingerprint density at radius 2 is 2.20 bits per heavy atom. The molecule has 0 heterocycles. The second kappa shape index (κ2) is 4.46. The third-order valence-electron chi connectivity index (χ3n) is 1.85. The molecule has 0 saturated carbocycles. The van der Waals surface area contributed by atoms with Crippen LogP contribution in [0, 0.1) is 5.82 Å². The van der Waals surface area contributed by atoms with Crippen molar-refractivity contribution in [3.05, 3.63) is 28.5 Å². The lowest BCUT2D eigenvalue weighted by molar-refractivity contribution is -0.138. The molecule has 0 amide bonds. The van der Waals surface area contributed by atoms with E-state index in [2.05, 4.69) is 0 Å². The molecule has 0 unspecified atom stereocenters. The second-order valence-corrected chi connectivity index (χ2v) is 3.46. The Labute approximate surface area is 90.1 Å². The van der Waals surface area contributed by atoms with Crippen LogP contribution in [-0.4, -0.2) is 22.2 Å². The highest BCUT2D eigenvalue weighted by Gasteiger charge is 2.15. The first-order valence-electron chi connectivity index (χ1n) is 4.07. The number of phenolic OH excluding ortho intramolecular Hbond substituents is 1. The van der Waals surface area contributed by atoms with E-state index in [1.807, 2.05) is 0 Å². The normalized spacial score (nSPS) is 12.5.